The summed E-state index contributed by atoms with van der Waals surface area (Å²) in [5.41, 5.74) is 1.59. The SMILES string of the molecule is OCCCNc1nc(Nc2ccc(Br)cc2F)cc(-c2ccccn2)n1. The van der Waals surface area contributed by atoms with Crippen LogP contribution in [0, 0.1) is 5.82 Å². The third-order valence-electron chi connectivity index (χ3n) is 3.47. The molecule has 0 bridgehead atoms. The van der Waals surface area contributed by atoms with E-state index in [0.29, 0.717) is 46.3 Å². The van der Waals surface area contributed by atoms with Gasteiger partial charge in [-0.25, -0.2) is 9.37 Å². The summed E-state index contributed by atoms with van der Waals surface area (Å²) in [6.07, 6.45) is 2.25. The molecule has 134 valence electrons. The quantitative estimate of drug-likeness (QED) is 0.504. The van der Waals surface area contributed by atoms with E-state index in [1.807, 2.05) is 18.2 Å². The highest BCUT2D eigenvalue weighted by atomic mass is 79.9. The maximum atomic E-state index is 14.1. The summed E-state index contributed by atoms with van der Waals surface area (Å²) in [5.74, 6) is 0.419. The van der Waals surface area contributed by atoms with Gasteiger partial charge in [-0.2, -0.15) is 4.98 Å². The van der Waals surface area contributed by atoms with Gasteiger partial charge in [-0.15, -0.1) is 0 Å². The molecule has 0 spiro atoms. The van der Waals surface area contributed by atoms with Crippen LogP contribution < -0.4 is 10.6 Å². The third-order valence-corrected chi connectivity index (χ3v) is 3.96. The average molecular weight is 418 g/mol. The van der Waals surface area contributed by atoms with E-state index in [0.717, 1.165) is 0 Å². The van der Waals surface area contributed by atoms with Gasteiger partial charge in [0.25, 0.3) is 0 Å². The fraction of sp³-hybridized carbons (Fsp3) is 0.167. The van der Waals surface area contributed by atoms with Crippen LogP contribution in [-0.4, -0.2) is 33.2 Å². The Balaban J connectivity index is 1.93. The molecule has 0 fully saturated rings. The molecule has 0 unspecified atom stereocenters. The summed E-state index contributed by atoms with van der Waals surface area (Å²) < 4.78 is 14.8. The smallest absolute Gasteiger partial charge is 0.225 e. The predicted octanol–water partition coefficient (Wildman–Crippen LogP) is 3.98. The van der Waals surface area contributed by atoms with Crippen molar-refractivity contribution in [1.29, 1.82) is 0 Å². The molecule has 0 saturated heterocycles. The van der Waals surface area contributed by atoms with Gasteiger partial charge in [0.15, 0.2) is 0 Å². The molecule has 6 nitrogen and oxygen atoms in total. The van der Waals surface area contributed by atoms with Gasteiger partial charge in [0, 0.05) is 29.9 Å². The fourth-order valence-electron chi connectivity index (χ4n) is 2.24. The highest BCUT2D eigenvalue weighted by Gasteiger charge is 2.10. The Morgan fingerprint density at radius 3 is 2.69 bits per heavy atom. The lowest BCUT2D eigenvalue weighted by atomic mass is 10.2. The molecule has 26 heavy (non-hydrogen) atoms. The van der Waals surface area contributed by atoms with E-state index in [1.165, 1.54) is 6.07 Å². The molecular formula is C18H17BrFN5O. The van der Waals surface area contributed by atoms with E-state index in [2.05, 4.69) is 41.5 Å². The van der Waals surface area contributed by atoms with Gasteiger partial charge in [0.05, 0.1) is 17.1 Å². The van der Waals surface area contributed by atoms with Crippen molar-refractivity contribution in [1.82, 2.24) is 15.0 Å². The third kappa shape index (κ3) is 4.74. The maximum Gasteiger partial charge on any atom is 0.225 e. The minimum absolute atomic E-state index is 0.0716. The second kappa shape index (κ2) is 8.68. The summed E-state index contributed by atoms with van der Waals surface area (Å²) in [6.45, 7) is 0.594. The molecule has 2 heterocycles. The standard InChI is InChI=1S/C18H17BrFN5O/c19-12-5-6-14(13(20)10-12)23-17-11-16(15-4-1-2-7-21-15)24-18(25-17)22-8-3-9-26/h1-2,4-7,10-11,26H,3,8-9H2,(H2,22,23,24,25). The average Bonchev–Trinajstić information content (AvgIpc) is 2.65. The Morgan fingerprint density at radius 1 is 1.08 bits per heavy atom. The molecule has 0 radical (unpaired) electrons. The summed E-state index contributed by atoms with van der Waals surface area (Å²) in [6, 6.07) is 12.0. The highest BCUT2D eigenvalue weighted by Crippen LogP contribution is 2.25. The van der Waals surface area contributed by atoms with Crippen LogP contribution in [0.5, 0.6) is 0 Å². The van der Waals surface area contributed by atoms with Gasteiger partial charge < -0.3 is 15.7 Å². The second-order valence-corrected chi connectivity index (χ2v) is 6.35. The molecule has 3 N–H and O–H groups in total. The molecular weight excluding hydrogens is 401 g/mol. The zero-order valence-corrected chi connectivity index (χ0v) is 15.4. The molecule has 0 aliphatic rings. The van der Waals surface area contributed by atoms with Gasteiger partial charge >= 0.3 is 0 Å². The number of pyridine rings is 1. The van der Waals surface area contributed by atoms with Crippen molar-refractivity contribution in [3.05, 3.63) is 59.0 Å². The van der Waals surface area contributed by atoms with Crippen LogP contribution in [0.4, 0.5) is 21.8 Å². The second-order valence-electron chi connectivity index (χ2n) is 5.43. The molecule has 8 heteroatoms. The van der Waals surface area contributed by atoms with Crippen molar-refractivity contribution in [3.8, 4) is 11.4 Å². The fourth-order valence-corrected chi connectivity index (χ4v) is 2.58. The van der Waals surface area contributed by atoms with E-state index in [9.17, 15) is 4.39 Å². The lowest BCUT2D eigenvalue weighted by Gasteiger charge is -2.11. The van der Waals surface area contributed by atoms with Crippen molar-refractivity contribution in [2.45, 2.75) is 6.42 Å². The number of nitrogens with zero attached hydrogens (tertiary/aromatic N) is 3. The first-order valence-corrected chi connectivity index (χ1v) is 8.82. The van der Waals surface area contributed by atoms with Crippen LogP contribution in [0.3, 0.4) is 0 Å². The molecule has 0 amide bonds. The van der Waals surface area contributed by atoms with Gasteiger partial charge in [-0.1, -0.05) is 22.0 Å². The number of aliphatic hydroxyl groups excluding tert-OH is 1. The lowest BCUT2D eigenvalue weighted by molar-refractivity contribution is 0.292. The van der Waals surface area contributed by atoms with Crippen LogP contribution >= 0.6 is 15.9 Å². The maximum absolute atomic E-state index is 14.1. The Kier molecular flexibility index (Phi) is 6.08. The van der Waals surface area contributed by atoms with Crippen LogP contribution in [0.2, 0.25) is 0 Å². The van der Waals surface area contributed by atoms with Gasteiger partial charge in [-0.05, 0) is 36.8 Å². The molecule has 0 aliphatic carbocycles. The van der Waals surface area contributed by atoms with Crippen molar-refractivity contribution >= 4 is 33.4 Å². The zero-order valence-electron chi connectivity index (χ0n) is 13.8. The Labute approximate surface area is 158 Å². The van der Waals surface area contributed by atoms with Gasteiger partial charge in [-0.3, -0.25) is 4.98 Å². The Morgan fingerprint density at radius 2 is 1.96 bits per heavy atom. The van der Waals surface area contributed by atoms with E-state index in [4.69, 9.17) is 5.11 Å². The van der Waals surface area contributed by atoms with Crippen molar-refractivity contribution in [3.63, 3.8) is 0 Å². The summed E-state index contributed by atoms with van der Waals surface area (Å²) in [7, 11) is 0. The minimum atomic E-state index is -0.396. The number of hydrogen-bond acceptors (Lipinski definition) is 6. The van der Waals surface area contributed by atoms with Crippen LogP contribution in [-0.2, 0) is 0 Å². The number of nitrogens with one attached hydrogen (secondary N) is 2. The van der Waals surface area contributed by atoms with Crippen molar-refractivity contribution < 1.29 is 9.50 Å². The van der Waals surface area contributed by atoms with Crippen LogP contribution in [0.15, 0.2) is 53.1 Å². The monoisotopic (exact) mass is 417 g/mol. The normalized spacial score (nSPS) is 10.6. The van der Waals surface area contributed by atoms with Crippen molar-refractivity contribution in [2.24, 2.45) is 0 Å². The molecule has 2 aromatic heterocycles. The summed E-state index contributed by atoms with van der Waals surface area (Å²) >= 11 is 3.24. The lowest BCUT2D eigenvalue weighted by Crippen LogP contribution is -2.09. The van der Waals surface area contributed by atoms with Gasteiger partial charge in [0.1, 0.15) is 11.6 Å². The van der Waals surface area contributed by atoms with Gasteiger partial charge in [0.2, 0.25) is 5.95 Å². The first kappa shape index (κ1) is 18.2. The number of anilines is 3. The first-order valence-electron chi connectivity index (χ1n) is 8.03. The summed E-state index contributed by atoms with van der Waals surface area (Å²) in [4.78, 5) is 13.1. The molecule has 0 atom stereocenters. The van der Waals surface area contributed by atoms with Crippen LogP contribution in [0.1, 0.15) is 6.42 Å². The Hall–Kier alpha value is -2.58. The van der Waals surface area contributed by atoms with E-state index >= 15 is 0 Å². The molecule has 1 aromatic carbocycles. The van der Waals surface area contributed by atoms with E-state index < -0.39 is 5.82 Å². The molecule has 3 rings (SSSR count). The molecule has 0 saturated carbocycles. The topological polar surface area (TPSA) is 83.0 Å². The van der Waals surface area contributed by atoms with Crippen LogP contribution in [0.25, 0.3) is 11.4 Å². The number of hydrogen-bond donors (Lipinski definition) is 3. The molecule has 0 aliphatic heterocycles. The predicted molar refractivity (Wildman–Crippen MR) is 103 cm³/mol. The first-order chi connectivity index (χ1) is 12.7. The minimum Gasteiger partial charge on any atom is -0.396 e. The van der Waals surface area contributed by atoms with Crippen molar-refractivity contribution in [2.75, 3.05) is 23.8 Å². The number of aliphatic hydroxyl groups is 1. The Bertz CT molecular complexity index is 879. The number of aromatic nitrogens is 3. The number of rotatable bonds is 7. The number of halogens is 2. The van der Waals surface area contributed by atoms with E-state index in [-0.39, 0.29) is 6.61 Å². The van der Waals surface area contributed by atoms with E-state index in [1.54, 1.807) is 24.4 Å². The summed E-state index contributed by atoms with van der Waals surface area (Å²) in [5, 5.41) is 15.0. The highest BCUT2D eigenvalue weighted by molar-refractivity contribution is 9.10. The number of benzene rings is 1. The largest absolute Gasteiger partial charge is 0.396 e. The molecule has 3 aromatic rings. The zero-order chi connectivity index (χ0) is 18.4.